The molecular formula is C17H27FN2. The predicted molar refractivity (Wildman–Crippen MR) is 82.0 cm³/mol. The summed E-state index contributed by atoms with van der Waals surface area (Å²) in [6, 6.07) is 5.49. The molecule has 0 amide bonds. The first-order chi connectivity index (χ1) is 9.60. The molecule has 0 aliphatic heterocycles. The normalized spacial score (nSPS) is 21.4. The highest BCUT2D eigenvalue weighted by Crippen LogP contribution is 2.38. The molecule has 0 spiro atoms. The van der Waals surface area contributed by atoms with Crippen LogP contribution < -0.4 is 5.32 Å². The fourth-order valence-corrected chi connectivity index (χ4v) is 2.68. The lowest BCUT2D eigenvalue weighted by Gasteiger charge is -2.17. The van der Waals surface area contributed by atoms with Gasteiger partial charge in [0.25, 0.3) is 0 Å². The second kappa shape index (κ2) is 7.19. The van der Waals surface area contributed by atoms with Gasteiger partial charge in [-0.25, -0.2) is 4.39 Å². The zero-order chi connectivity index (χ0) is 14.5. The van der Waals surface area contributed by atoms with Gasteiger partial charge in [-0.05, 0) is 49.9 Å². The summed E-state index contributed by atoms with van der Waals surface area (Å²) < 4.78 is 13.9. The zero-order valence-corrected chi connectivity index (χ0v) is 13.0. The highest BCUT2D eigenvalue weighted by atomic mass is 19.1. The van der Waals surface area contributed by atoms with Gasteiger partial charge in [0, 0.05) is 25.2 Å². The Balaban J connectivity index is 1.89. The number of benzene rings is 1. The van der Waals surface area contributed by atoms with E-state index in [1.807, 2.05) is 12.1 Å². The smallest absolute Gasteiger partial charge is 0.127 e. The van der Waals surface area contributed by atoms with Gasteiger partial charge in [-0.2, -0.15) is 0 Å². The predicted octanol–water partition coefficient (Wildman–Crippen LogP) is 3.41. The maximum absolute atomic E-state index is 13.9. The molecule has 1 aliphatic rings. The van der Waals surface area contributed by atoms with Gasteiger partial charge < -0.3 is 10.2 Å². The molecule has 2 rings (SSSR count). The van der Waals surface area contributed by atoms with Crippen LogP contribution in [0.5, 0.6) is 0 Å². The van der Waals surface area contributed by atoms with Crippen molar-refractivity contribution in [3.8, 4) is 0 Å². The first-order valence-electron chi connectivity index (χ1n) is 7.76. The van der Waals surface area contributed by atoms with Gasteiger partial charge in [0.1, 0.15) is 5.82 Å². The largest absolute Gasteiger partial charge is 0.313 e. The molecule has 2 unspecified atom stereocenters. The molecule has 1 aromatic rings. The van der Waals surface area contributed by atoms with E-state index < -0.39 is 0 Å². The molecule has 1 saturated carbocycles. The van der Waals surface area contributed by atoms with Crippen molar-refractivity contribution < 1.29 is 4.39 Å². The number of nitrogens with zero attached hydrogens (tertiary/aromatic N) is 1. The molecule has 1 fully saturated rings. The van der Waals surface area contributed by atoms with E-state index in [-0.39, 0.29) is 5.82 Å². The number of nitrogens with one attached hydrogen (secondary N) is 1. The second-order valence-electron chi connectivity index (χ2n) is 6.27. The van der Waals surface area contributed by atoms with Crippen LogP contribution in [0, 0.1) is 17.7 Å². The minimum Gasteiger partial charge on any atom is -0.313 e. The number of rotatable bonds is 8. The lowest BCUT2D eigenvalue weighted by molar-refractivity contribution is 0.302. The number of hydrogen-bond donors (Lipinski definition) is 1. The van der Waals surface area contributed by atoms with Gasteiger partial charge in [-0.1, -0.05) is 26.0 Å². The van der Waals surface area contributed by atoms with Crippen molar-refractivity contribution in [2.45, 2.75) is 39.8 Å². The summed E-state index contributed by atoms with van der Waals surface area (Å²) in [5, 5.41) is 3.36. The van der Waals surface area contributed by atoms with E-state index in [4.69, 9.17) is 0 Å². The second-order valence-corrected chi connectivity index (χ2v) is 6.27. The average molecular weight is 278 g/mol. The Bertz CT molecular complexity index is 433. The fraction of sp³-hybridized carbons (Fsp3) is 0.647. The fourth-order valence-electron chi connectivity index (χ4n) is 2.68. The van der Waals surface area contributed by atoms with Gasteiger partial charge >= 0.3 is 0 Å². The van der Waals surface area contributed by atoms with Gasteiger partial charge in [0.05, 0.1) is 0 Å². The molecule has 0 saturated heterocycles. The van der Waals surface area contributed by atoms with E-state index in [1.165, 1.54) is 12.0 Å². The molecule has 0 radical (unpaired) electrons. The summed E-state index contributed by atoms with van der Waals surface area (Å²) in [6.07, 6.45) is 2.45. The molecular weight excluding hydrogens is 251 g/mol. The molecule has 2 atom stereocenters. The Morgan fingerprint density at radius 2 is 2.15 bits per heavy atom. The third-order valence-corrected chi connectivity index (χ3v) is 4.13. The van der Waals surface area contributed by atoms with Crippen molar-refractivity contribution in [2.24, 2.45) is 11.8 Å². The van der Waals surface area contributed by atoms with Crippen molar-refractivity contribution >= 4 is 0 Å². The average Bonchev–Trinajstić information content (AvgIpc) is 3.09. The van der Waals surface area contributed by atoms with Crippen LogP contribution in [0.15, 0.2) is 18.2 Å². The van der Waals surface area contributed by atoms with Gasteiger partial charge in [-0.3, -0.25) is 0 Å². The quantitative estimate of drug-likeness (QED) is 0.733. The van der Waals surface area contributed by atoms with Crippen LogP contribution in [0.3, 0.4) is 0 Å². The van der Waals surface area contributed by atoms with Crippen molar-refractivity contribution in [1.29, 1.82) is 0 Å². The summed E-state index contributed by atoms with van der Waals surface area (Å²) in [5.41, 5.74) is 1.99. The van der Waals surface area contributed by atoms with Crippen molar-refractivity contribution in [2.75, 3.05) is 20.1 Å². The molecule has 2 nitrogen and oxygen atoms in total. The lowest BCUT2D eigenvalue weighted by atomic mass is 10.1. The van der Waals surface area contributed by atoms with Crippen LogP contribution in [0.2, 0.25) is 0 Å². The van der Waals surface area contributed by atoms with E-state index >= 15 is 0 Å². The summed E-state index contributed by atoms with van der Waals surface area (Å²) >= 11 is 0. The Morgan fingerprint density at radius 1 is 1.40 bits per heavy atom. The maximum Gasteiger partial charge on any atom is 0.127 e. The van der Waals surface area contributed by atoms with E-state index in [0.717, 1.165) is 43.5 Å². The van der Waals surface area contributed by atoms with Crippen LogP contribution >= 0.6 is 0 Å². The third-order valence-electron chi connectivity index (χ3n) is 4.13. The monoisotopic (exact) mass is 278 g/mol. The Kier molecular flexibility index (Phi) is 5.55. The Hall–Kier alpha value is -0.930. The van der Waals surface area contributed by atoms with Gasteiger partial charge in [0.15, 0.2) is 0 Å². The molecule has 0 aromatic heterocycles. The summed E-state index contributed by atoms with van der Waals surface area (Å²) in [4.78, 5) is 2.25. The summed E-state index contributed by atoms with van der Waals surface area (Å²) in [6.45, 7) is 8.06. The third kappa shape index (κ3) is 4.57. The van der Waals surface area contributed by atoms with E-state index in [1.54, 1.807) is 6.07 Å². The Morgan fingerprint density at radius 3 is 2.80 bits per heavy atom. The summed E-state index contributed by atoms with van der Waals surface area (Å²) in [7, 11) is 2.09. The minimum atomic E-state index is -0.0834. The van der Waals surface area contributed by atoms with Crippen LogP contribution in [0.4, 0.5) is 4.39 Å². The zero-order valence-electron chi connectivity index (χ0n) is 13.0. The topological polar surface area (TPSA) is 15.3 Å². The van der Waals surface area contributed by atoms with E-state index in [9.17, 15) is 4.39 Å². The van der Waals surface area contributed by atoms with Gasteiger partial charge in [0.2, 0.25) is 0 Å². The Labute approximate surface area is 122 Å². The molecule has 1 N–H and O–H groups in total. The van der Waals surface area contributed by atoms with Crippen molar-refractivity contribution in [3.05, 3.63) is 35.1 Å². The highest BCUT2D eigenvalue weighted by Gasteiger charge is 2.33. The molecule has 0 heterocycles. The van der Waals surface area contributed by atoms with E-state index in [2.05, 4.69) is 31.1 Å². The SMILES string of the molecule is CCCNCc1ccc(F)c(CN(C)CC2CC2C)c1. The standard InChI is InChI=1S/C17H27FN2/c1-4-7-19-10-14-5-6-17(18)16(9-14)12-20(3)11-15-8-13(15)2/h5-6,9,13,15,19H,4,7-8,10-12H2,1-3H3. The van der Waals surface area contributed by atoms with Crippen LogP contribution in [-0.4, -0.2) is 25.0 Å². The molecule has 20 heavy (non-hydrogen) atoms. The van der Waals surface area contributed by atoms with Crippen LogP contribution in [0.25, 0.3) is 0 Å². The van der Waals surface area contributed by atoms with Crippen LogP contribution in [-0.2, 0) is 13.1 Å². The van der Waals surface area contributed by atoms with Crippen LogP contribution in [0.1, 0.15) is 37.8 Å². The summed E-state index contributed by atoms with van der Waals surface area (Å²) in [5.74, 6) is 1.59. The van der Waals surface area contributed by atoms with Crippen molar-refractivity contribution in [3.63, 3.8) is 0 Å². The molecule has 112 valence electrons. The van der Waals surface area contributed by atoms with E-state index in [0.29, 0.717) is 6.54 Å². The maximum atomic E-state index is 13.9. The molecule has 3 heteroatoms. The number of hydrogen-bond acceptors (Lipinski definition) is 2. The molecule has 0 bridgehead atoms. The lowest BCUT2D eigenvalue weighted by Crippen LogP contribution is -2.22. The van der Waals surface area contributed by atoms with Crippen molar-refractivity contribution in [1.82, 2.24) is 10.2 Å². The molecule has 1 aromatic carbocycles. The minimum absolute atomic E-state index is 0.0834. The highest BCUT2D eigenvalue weighted by molar-refractivity contribution is 5.25. The first-order valence-corrected chi connectivity index (χ1v) is 7.76. The molecule has 1 aliphatic carbocycles. The first kappa shape index (κ1) is 15.5. The van der Waals surface area contributed by atoms with Gasteiger partial charge in [-0.15, -0.1) is 0 Å². The number of halogens is 1.